The summed E-state index contributed by atoms with van der Waals surface area (Å²) in [5, 5.41) is 0. The number of aryl methyl sites for hydroxylation is 1. The summed E-state index contributed by atoms with van der Waals surface area (Å²) in [5.41, 5.74) is 7.62. The number of nitrogens with two attached hydrogens (primary N) is 1. The lowest BCUT2D eigenvalue weighted by molar-refractivity contribution is 0.411. The highest BCUT2D eigenvalue weighted by molar-refractivity contribution is 9.10. The van der Waals surface area contributed by atoms with Crippen LogP contribution in [0.4, 0.5) is 5.69 Å². The Labute approximate surface area is 133 Å². The minimum Gasteiger partial charge on any atom is -0.496 e. The summed E-state index contributed by atoms with van der Waals surface area (Å²) in [7, 11) is -2.02. The predicted molar refractivity (Wildman–Crippen MR) is 87.2 cm³/mol. The van der Waals surface area contributed by atoms with Gasteiger partial charge in [0.25, 0.3) is 0 Å². The summed E-state index contributed by atoms with van der Waals surface area (Å²) in [6.07, 6.45) is 0. The van der Waals surface area contributed by atoms with Gasteiger partial charge in [0, 0.05) is 10.0 Å². The van der Waals surface area contributed by atoms with Gasteiger partial charge >= 0.3 is 0 Å². The van der Waals surface area contributed by atoms with Crippen LogP contribution in [-0.4, -0.2) is 15.5 Å². The fourth-order valence-electron chi connectivity index (χ4n) is 2.09. The molecule has 2 aromatic rings. The van der Waals surface area contributed by atoms with Crippen molar-refractivity contribution < 1.29 is 13.2 Å². The van der Waals surface area contributed by atoms with Gasteiger partial charge in [0.05, 0.1) is 23.4 Å². The Balaban J connectivity index is 2.44. The maximum absolute atomic E-state index is 12.6. The summed E-state index contributed by atoms with van der Waals surface area (Å²) in [6.45, 7) is 1.87. The number of benzene rings is 2. The zero-order valence-electron chi connectivity index (χ0n) is 11.8. The zero-order chi connectivity index (χ0) is 15.6. The van der Waals surface area contributed by atoms with Gasteiger partial charge in [-0.25, -0.2) is 8.42 Å². The number of nitrogen functional groups attached to an aromatic ring is 1. The van der Waals surface area contributed by atoms with Crippen LogP contribution in [0.2, 0.25) is 0 Å². The quantitative estimate of drug-likeness (QED) is 0.839. The van der Waals surface area contributed by atoms with Gasteiger partial charge in [-0.15, -0.1) is 0 Å². The van der Waals surface area contributed by atoms with Crippen molar-refractivity contribution in [2.45, 2.75) is 17.6 Å². The van der Waals surface area contributed by atoms with Crippen LogP contribution in [0.5, 0.6) is 5.75 Å². The normalized spacial score (nSPS) is 11.4. The topological polar surface area (TPSA) is 69.4 Å². The first-order valence-corrected chi connectivity index (χ1v) is 8.69. The van der Waals surface area contributed by atoms with E-state index in [1.165, 1.54) is 7.11 Å². The molecule has 6 heteroatoms. The van der Waals surface area contributed by atoms with E-state index in [0.29, 0.717) is 11.3 Å². The molecule has 0 heterocycles. The lowest BCUT2D eigenvalue weighted by Crippen LogP contribution is -2.09. The van der Waals surface area contributed by atoms with Crippen molar-refractivity contribution in [2.24, 2.45) is 0 Å². The second kappa shape index (κ2) is 6.07. The zero-order valence-corrected chi connectivity index (χ0v) is 14.2. The van der Waals surface area contributed by atoms with Crippen molar-refractivity contribution in [1.82, 2.24) is 0 Å². The Bertz CT molecular complexity index is 772. The summed E-state index contributed by atoms with van der Waals surface area (Å²) in [4.78, 5) is 0.148. The SMILES string of the molecule is COc1ccc(Br)cc1CS(=O)(=O)c1ccc(C)cc1N. The molecular weight excluding hydrogens is 354 g/mol. The molecule has 0 amide bonds. The van der Waals surface area contributed by atoms with Crippen LogP contribution in [0.3, 0.4) is 0 Å². The van der Waals surface area contributed by atoms with Gasteiger partial charge in [0.2, 0.25) is 0 Å². The van der Waals surface area contributed by atoms with Gasteiger partial charge in [-0.05, 0) is 42.8 Å². The standard InChI is InChI=1S/C15H16BrNO3S/c1-10-3-6-15(13(17)7-10)21(18,19)9-11-8-12(16)4-5-14(11)20-2/h3-8H,9,17H2,1-2H3. The molecule has 2 rings (SSSR count). The van der Waals surface area contributed by atoms with Gasteiger partial charge in [-0.2, -0.15) is 0 Å². The Morgan fingerprint density at radius 1 is 1.19 bits per heavy atom. The summed E-state index contributed by atoms with van der Waals surface area (Å²) < 4.78 is 31.1. The lowest BCUT2D eigenvalue weighted by atomic mass is 10.2. The van der Waals surface area contributed by atoms with Gasteiger partial charge in [-0.1, -0.05) is 22.0 Å². The van der Waals surface area contributed by atoms with Crippen LogP contribution < -0.4 is 10.5 Å². The van der Waals surface area contributed by atoms with E-state index in [0.717, 1.165) is 10.0 Å². The molecule has 2 aromatic carbocycles. The largest absolute Gasteiger partial charge is 0.496 e. The number of sulfone groups is 1. The second-order valence-corrected chi connectivity index (χ2v) is 7.63. The molecule has 0 saturated carbocycles. The minimum absolute atomic E-state index is 0.148. The van der Waals surface area contributed by atoms with E-state index in [1.54, 1.807) is 36.4 Å². The molecule has 0 saturated heterocycles. The fourth-order valence-corrected chi connectivity index (χ4v) is 3.99. The Morgan fingerprint density at radius 3 is 2.52 bits per heavy atom. The highest BCUT2D eigenvalue weighted by Gasteiger charge is 2.20. The number of ether oxygens (including phenoxy) is 1. The molecule has 0 aliphatic carbocycles. The van der Waals surface area contributed by atoms with Crippen molar-refractivity contribution in [3.05, 3.63) is 52.0 Å². The van der Waals surface area contributed by atoms with Gasteiger partial charge in [0.15, 0.2) is 9.84 Å². The van der Waals surface area contributed by atoms with Crippen molar-refractivity contribution in [1.29, 1.82) is 0 Å². The molecule has 112 valence electrons. The Morgan fingerprint density at radius 2 is 1.90 bits per heavy atom. The third-order valence-electron chi connectivity index (χ3n) is 3.09. The first-order chi connectivity index (χ1) is 9.83. The maximum atomic E-state index is 12.6. The Hall–Kier alpha value is -1.53. The van der Waals surface area contributed by atoms with E-state index in [1.807, 2.05) is 6.92 Å². The van der Waals surface area contributed by atoms with Crippen molar-refractivity contribution in [3.8, 4) is 5.75 Å². The van der Waals surface area contributed by atoms with Crippen LogP contribution in [0.1, 0.15) is 11.1 Å². The lowest BCUT2D eigenvalue weighted by Gasteiger charge is -2.11. The molecule has 0 aliphatic rings. The highest BCUT2D eigenvalue weighted by Crippen LogP contribution is 2.29. The van der Waals surface area contributed by atoms with Crippen LogP contribution in [-0.2, 0) is 15.6 Å². The second-order valence-electron chi connectivity index (χ2n) is 4.76. The summed E-state index contributed by atoms with van der Waals surface area (Å²) in [6, 6.07) is 10.2. The highest BCUT2D eigenvalue weighted by atomic mass is 79.9. The molecule has 0 atom stereocenters. The molecule has 0 radical (unpaired) electrons. The third kappa shape index (κ3) is 3.57. The van der Waals surface area contributed by atoms with Crippen molar-refractivity contribution in [3.63, 3.8) is 0 Å². The van der Waals surface area contributed by atoms with Gasteiger partial charge in [-0.3, -0.25) is 0 Å². The maximum Gasteiger partial charge on any atom is 0.184 e. The molecule has 0 aliphatic heterocycles. The number of halogens is 1. The van der Waals surface area contributed by atoms with E-state index in [9.17, 15) is 8.42 Å². The molecule has 0 bridgehead atoms. The molecule has 21 heavy (non-hydrogen) atoms. The summed E-state index contributed by atoms with van der Waals surface area (Å²) >= 11 is 3.34. The van der Waals surface area contributed by atoms with Crippen molar-refractivity contribution in [2.75, 3.05) is 12.8 Å². The number of rotatable bonds is 4. The van der Waals surface area contributed by atoms with Gasteiger partial charge < -0.3 is 10.5 Å². The third-order valence-corrected chi connectivity index (χ3v) is 5.31. The van der Waals surface area contributed by atoms with E-state index in [4.69, 9.17) is 10.5 Å². The van der Waals surface area contributed by atoms with E-state index < -0.39 is 9.84 Å². The first kappa shape index (κ1) is 15.9. The van der Waals surface area contributed by atoms with E-state index >= 15 is 0 Å². The van der Waals surface area contributed by atoms with Crippen molar-refractivity contribution >= 4 is 31.5 Å². The smallest absolute Gasteiger partial charge is 0.184 e. The molecule has 0 aromatic heterocycles. The fraction of sp³-hybridized carbons (Fsp3) is 0.200. The van der Waals surface area contributed by atoms with E-state index in [2.05, 4.69) is 15.9 Å². The average Bonchev–Trinajstić information content (AvgIpc) is 2.37. The molecule has 0 unspecified atom stereocenters. The number of hydrogen-bond acceptors (Lipinski definition) is 4. The van der Waals surface area contributed by atoms with Crippen LogP contribution in [0.25, 0.3) is 0 Å². The number of anilines is 1. The summed E-state index contributed by atoms with van der Waals surface area (Å²) in [5.74, 6) is 0.371. The minimum atomic E-state index is -3.54. The van der Waals surface area contributed by atoms with Crippen LogP contribution in [0.15, 0.2) is 45.8 Å². The first-order valence-electron chi connectivity index (χ1n) is 6.25. The average molecular weight is 370 g/mol. The molecule has 2 N–H and O–H groups in total. The molecule has 0 spiro atoms. The van der Waals surface area contributed by atoms with E-state index in [-0.39, 0.29) is 16.3 Å². The molecular formula is C15H16BrNO3S. The molecule has 4 nitrogen and oxygen atoms in total. The number of methoxy groups -OCH3 is 1. The predicted octanol–water partition coefficient (Wildman–Crippen LogP) is 3.32. The van der Waals surface area contributed by atoms with Gasteiger partial charge in [0.1, 0.15) is 5.75 Å². The molecule has 0 fully saturated rings. The number of hydrogen-bond donors (Lipinski definition) is 1. The van der Waals surface area contributed by atoms with Crippen LogP contribution in [0, 0.1) is 6.92 Å². The Kier molecular flexibility index (Phi) is 4.58. The van der Waals surface area contributed by atoms with Crippen LogP contribution >= 0.6 is 15.9 Å². The monoisotopic (exact) mass is 369 g/mol.